The van der Waals surface area contributed by atoms with Crippen molar-refractivity contribution < 1.29 is 4.79 Å². The van der Waals surface area contributed by atoms with E-state index in [2.05, 4.69) is 6.08 Å². The fourth-order valence-electron chi connectivity index (χ4n) is 1.62. The zero-order valence-corrected chi connectivity index (χ0v) is 6.73. The van der Waals surface area contributed by atoms with Gasteiger partial charge in [0.15, 0.2) is 0 Å². The second kappa shape index (κ2) is 2.59. The Hall–Kier alpha value is -1.37. The van der Waals surface area contributed by atoms with Crippen molar-refractivity contribution in [3.8, 4) is 0 Å². The number of allylic oxidation sites excluding steroid dienone is 8. The average Bonchev–Trinajstić information content (AvgIpc) is 2.18. The van der Waals surface area contributed by atoms with Crippen LogP contribution in [0.25, 0.3) is 0 Å². The number of aldehydes is 1. The second-order valence-corrected chi connectivity index (χ2v) is 3.07. The summed E-state index contributed by atoms with van der Waals surface area (Å²) in [5.74, 6) is 0. The minimum atomic E-state index is -0.451. The summed E-state index contributed by atoms with van der Waals surface area (Å²) in [6.07, 6.45) is 15.8. The van der Waals surface area contributed by atoms with Gasteiger partial charge in [-0.25, -0.2) is 0 Å². The molecule has 0 amide bonds. The first kappa shape index (κ1) is 7.29. The summed E-state index contributed by atoms with van der Waals surface area (Å²) in [6, 6.07) is 0. The van der Waals surface area contributed by atoms with E-state index in [0.717, 1.165) is 18.3 Å². The lowest BCUT2D eigenvalue weighted by Gasteiger charge is -2.26. The fourth-order valence-corrected chi connectivity index (χ4v) is 1.62. The maximum Gasteiger partial charge on any atom is 0.138 e. The van der Waals surface area contributed by atoms with Crippen LogP contribution >= 0.6 is 0 Å². The summed E-state index contributed by atoms with van der Waals surface area (Å²) < 4.78 is 0. The molecule has 1 atom stereocenters. The van der Waals surface area contributed by atoms with Crippen LogP contribution < -0.4 is 0 Å². The van der Waals surface area contributed by atoms with Crippen molar-refractivity contribution in [1.29, 1.82) is 0 Å². The summed E-state index contributed by atoms with van der Waals surface area (Å²) in [5, 5.41) is 0. The molecular formula is C11H10O. The van der Waals surface area contributed by atoms with Crippen LogP contribution in [0.3, 0.4) is 0 Å². The number of hydrogen-bond acceptors (Lipinski definition) is 1. The monoisotopic (exact) mass is 158 g/mol. The van der Waals surface area contributed by atoms with Crippen molar-refractivity contribution in [3.05, 3.63) is 48.1 Å². The van der Waals surface area contributed by atoms with Crippen LogP contribution in [0.4, 0.5) is 0 Å². The predicted molar refractivity (Wildman–Crippen MR) is 48.6 cm³/mol. The smallest absolute Gasteiger partial charge is 0.138 e. The minimum Gasteiger partial charge on any atom is -0.302 e. The first-order valence-corrected chi connectivity index (χ1v) is 4.08. The number of carbonyl (C=O) groups excluding carboxylic acids is 1. The van der Waals surface area contributed by atoms with Gasteiger partial charge in [-0.2, -0.15) is 0 Å². The molecule has 2 aliphatic carbocycles. The quantitative estimate of drug-likeness (QED) is 0.422. The molecule has 0 aromatic heterocycles. The molecule has 12 heavy (non-hydrogen) atoms. The normalized spacial score (nSPS) is 31.2. The van der Waals surface area contributed by atoms with E-state index in [1.807, 2.05) is 36.5 Å². The maximum atomic E-state index is 10.9. The molecule has 2 aliphatic rings. The Morgan fingerprint density at radius 2 is 2.25 bits per heavy atom. The van der Waals surface area contributed by atoms with E-state index in [1.165, 1.54) is 0 Å². The topological polar surface area (TPSA) is 17.1 Å². The van der Waals surface area contributed by atoms with Gasteiger partial charge in [-0.15, -0.1) is 0 Å². The standard InChI is InChI=1S/C11H10O/c12-9-11-7-3-1-5-10(11)6-2-4-8-11/h1,3-9H,2H2. The molecule has 0 bridgehead atoms. The van der Waals surface area contributed by atoms with E-state index in [9.17, 15) is 4.79 Å². The van der Waals surface area contributed by atoms with E-state index in [1.54, 1.807) is 0 Å². The van der Waals surface area contributed by atoms with Gasteiger partial charge in [-0.05, 0) is 12.0 Å². The number of carbonyl (C=O) groups is 1. The molecule has 2 rings (SSSR count). The van der Waals surface area contributed by atoms with Crippen LogP contribution in [0.1, 0.15) is 6.42 Å². The van der Waals surface area contributed by atoms with E-state index in [4.69, 9.17) is 0 Å². The Kier molecular flexibility index (Phi) is 1.58. The summed E-state index contributed by atoms with van der Waals surface area (Å²) in [5.41, 5.74) is 0.648. The van der Waals surface area contributed by atoms with Crippen molar-refractivity contribution in [2.45, 2.75) is 6.42 Å². The van der Waals surface area contributed by atoms with Gasteiger partial charge in [0.2, 0.25) is 0 Å². The highest BCUT2D eigenvalue weighted by atomic mass is 16.1. The molecule has 1 heteroatoms. The molecular weight excluding hydrogens is 148 g/mol. The summed E-state index contributed by atoms with van der Waals surface area (Å²) in [4.78, 5) is 10.9. The molecule has 0 aromatic rings. The van der Waals surface area contributed by atoms with Gasteiger partial charge in [0.1, 0.15) is 6.29 Å². The van der Waals surface area contributed by atoms with Crippen LogP contribution in [-0.4, -0.2) is 6.29 Å². The van der Waals surface area contributed by atoms with Crippen molar-refractivity contribution in [2.75, 3.05) is 0 Å². The highest BCUT2D eigenvalue weighted by molar-refractivity contribution is 5.75. The van der Waals surface area contributed by atoms with Crippen molar-refractivity contribution in [2.24, 2.45) is 5.41 Å². The average molecular weight is 158 g/mol. The number of fused-ring (bicyclic) bond motifs is 1. The van der Waals surface area contributed by atoms with E-state index in [-0.39, 0.29) is 0 Å². The fraction of sp³-hybridized carbons (Fsp3) is 0.182. The summed E-state index contributed by atoms with van der Waals surface area (Å²) >= 11 is 0. The minimum absolute atomic E-state index is 0.451. The van der Waals surface area contributed by atoms with E-state index >= 15 is 0 Å². The van der Waals surface area contributed by atoms with Gasteiger partial charge in [-0.1, -0.05) is 42.5 Å². The van der Waals surface area contributed by atoms with Crippen LogP contribution in [0.5, 0.6) is 0 Å². The van der Waals surface area contributed by atoms with Gasteiger partial charge in [0.25, 0.3) is 0 Å². The summed E-state index contributed by atoms with van der Waals surface area (Å²) in [6.45, 7) is 0. The third-order valence-corrected chi connectivity index (χ3v) is 2.32. The molecule has 0 heterocycles. The lowest BCUT2D eigenvalue weighted by Crippen LogP contribution is -2.22. The third kappa shape index (κ3) is 0.900. The predicted octanol–water partition coefficient (Wildman–Crippen LogP) is 2.18. The van der Waals surface area contributed by atoms with Gasteiger partial charge in [-0.3, -0.25) is 0 Å². The van der Waals surface area contributed by atoms with E-state index < -0.39 is 5.41 Å². The van der Waals surface area contributed by atoms with Gasteiger partial charge in [0.05, 0.1) is 5.41 Å². The lowest BCUT2D eigenvalue weighted by molar-refractivity contribution is -0.111. The largest absolute Gasteiger partial charge is 0.302 e. The highest BCUT2D eigenvalue weighted by Gasteiger charge is 2.29. The molecule has 60 valence electrons. The van der Waals surface area contributed by atoms with Crippen molar-refractivity contribution in [3.63, 3.8) is 0 Å². The Bertz CT molecular complexity index is 318. The lowest BCUT2D eigenvalue weighted by atomic mass is 9.75. The van der Waals surface area contributed by atoms with Crippen molar-refractivity contribution in [1.82, 2.24) is 0 Å². The molecule has 0 N–H and O–H groups in total. The molecule has 1 nitrogen and oxygen atoms in total. The third-order valence-electron chi connectivity index (χ3n) is 2.32. The zero-order chi connectivity index (χ0) is 8.44. The first-order valence-electron chi connectivity index (χ1n) is 4.08. The molecule has 1 unspecified atom stereocenters. The van der Waals surface area contributed by atoms with Crippen LogP contribution in [0.15, 0.2) is 48.1 Å². The Labute approximate surface area is 71.8 Å². The molecule has 0 spiro atoms. The van der Waals surface area contributed by atoms with Gasteiger partial charge in [0, 0.05) is 0 Å². The Morgan fingerprint density at radius 3 is 3.00 bits per heavy atom. The molecule has 0 saturated heterocycles. The van der Waals surface area contributed by atoms with Crippen LogP contribution in [0.2, 0.25) is 0 Å². The number of rotatable bonds is 1. The molecule has 0 fully saturated rings. The van der Waals surface area contributed by atoms with Crippen molar-refractivity contribution >= 4 is 6.29 Å². The van der Waals surface area contributed by atoms with Crippen LogP contribution in [-0.2, 0) is 4.79 Å². The van der Waals surface area contributed by atoms with Gasteiger partial charge >= 0.3 is 0 Å². The Morgan fingerprint density at radius 1 is 1.33 bits per heavy atom. The van der Waals surface area contributed by atoms with E-state index in [0.29, 0.717) is 0 Å². The van der Waals surface area contributed by atoms with Gasteiger partial charge < -0.3 is 4.79 Å². The number of hydrogen-bond donors (Lipinski definition) is 0. The zero-order valence-electron chi connectivity index (χ0n) is 6.73. The Balaban J connectivity index is 2.50. The van der Waals surface area contributed by atoms with Crippen LogP contribution in [0, 0.1) is 5.41 Å². The highest BCUT2D eigenvalue weighted by Crippen LogP contribution is 2.35. The first-order chi connectivity index (χ1) is 5.87. The molecule has 0 saturated carbocycles. The SMILES string of the molecule is O=CC12C=CC=CC1=CCC=C2. The molecule has 0 aromatic carbocycles. The maximum absolute atomic E-state index is 10.9. The molecule has 0 radical (unpaired) electrons. The molecule has 0 aliphatic heterocycles. The second-order valence-electron chi connectivity index (χ2n) is 3.07. The summed E-state index contributed by atoms with van der Waals surface area (Å²) in [7, 11) is 0.